The molecule has 30 heavy (non-hydrogen) atoms. The second-order valence-corrected chi connectivity index (χ2v) is 8.24. The summed E-state index contributed by atoms with van der Waals surface area (Å²) in [5.41, 5.74) is 0.551. The standard InChI is InChI=1S/C21H28N4O5/c1-21(2,3)30-20(28)25-13-15(19(27)29-4)17-14(7-8-23-18(17)25)11-22-12-16(26)24-9-5-6-10-24/h7-8,13,22H,5-6,9-12H2,1-4H3. The van der Waals surface area contributed by atoms with Crippen LogP contribution in [-0.4, -0.2) is 64.8 Å². The van der Waals surface area contributed by atoms with E-state index < -0.39 is 17.7 Å². The van der Waals surface area contributed by atoms with Crippen LogP contribution in [0.3, 0.4) is 0 Å². The molecule has 3 rings (SSSR count). The van der Waals surface area contributed by atoms with Gasteiger partial charge >= 0.3 is 12.1 Å². The molecule has 0 unspecified atom stereocenters. The second kappa shape index (κ2) is 8.83. The molecule has 2 aromatic heterocycles. The molecule has 1 saturated heterocycles. The first kappa shape index (κ1) is 21.8. The molecule has 2 aromatic rings. The van der Waals surface area contributed by atoms with Crippen LogP contribution in [0.1, 0.15) is 49.5 Å². The molecule has 1 aliphatic heterocycles. The van der Waals surface area contributed by atoms with Crippen molar-refractivity contribution >= 4 is 29.0 Å². The number of likely N-dealkylation sites (tertiary alicyclic amines) is 1. The van der Waals surface area contributed by atoms with Crippen LogP contribution in [0.25, 0.3) is 11.0 Å². The molecular formula is C21H28N4O5. The van der Waals surface area contributed by atoms with Crippen molar-refractivity contribution in [1.29, 1.82) is 0 Å². The maximum Gasteiger partial charge on any atom is 0.420 e. The molecule has 0 spiro atoms. The predicted octanol–water partition coefficient (Wildman–Crippen LogP) is 2.32. The van der Waals surface area contributed by atoms with Crippen LogP contribution < -0.4 is 5.32 Å². The van der Waals surface area contributed by atoms with E-state index in [1.807, 2.05) is 4.90 Å². The lowest BCUT2D eigenvalue weighted by Gasteiger charge is -2.19. The Bertz CT molecular complexity index is 954. The number of carbonyl (C=O) groups excluding carboxylic acids is 3. The van der Waals surface area contributed by atoms with Gasteiger partial charge in [0.25, 0.3) is 0 Å². The first-order valence-corrected chi connectivity index (χ1v) is 10.0. The van der Waals surface area contributed by atoms with Crippen LogP contribution >= 0.6 is 0 Å². The molecule has 0 bridgehead atoms. The molecule has 1 fully saturated rings. The fourth-order valence-corrected chi connectivity index (χ4v) is 3.46. The highest BCUT2D eigenvalue weighted by molar-refractivity contribution is 6.06. The van der Waals surface area contributed by atoms with E-state index in [-0.39, 0.29) is 18.0 Å². The van der Waals surface area contributed by atoms with Gasteiger partial charge in [0.2, 0.25) is 5.91 Å². The minimum atomic E-state index is -0.700. The van der Waals surface area contributed by atoms with Gasteiger partial charge in [-0.3, -0.25) is 4.79 Å². The van der Waals surface area contributed by atoms with E-state index in [0.717, 1.165) is 31.5 Å². The first-order chi connectivity index (χ1) is 14.2. The van der Waals surface area contributed by atoms with E-state index in [4.69, 9.17) is 9.47 Å². The van der Waals surface area contributed by atoms with Crippen LogP contribution in [0, 0.1) is 0 Å². The summed E-state index contributed by atoms with van der Waals surface area (Å²) in [6.07, 6.45) is 4.39. The van der Waals surface area contributed by atoms with Crippen molar-refractivity contribution in [2.75, 3.05) is 26.7 Å². The summed E-state index contributed by atoms with van der Waals surface area (Å²) in [6, 6.07) is 1.75. The van der Waals surface area contributed by atoms with Crippen LogP contribution in [0.2, 0.25) is 0 Å². The van der Waals surface area contributed by atoms with Gasteiger partial charge in [-0.15, -0.1) is 0 Å². The molecular weight excluding hydrogens is 388 g/mol. The zero-order valence-corrected chi connectivity index (χ0v) is 17.9. The lowest BCUT2D eigenvalue weighted by molar-refractivity contribution is -0.129. The maximum absolute atomic E-state index is 12.6. The molecule has 9 heteroatoms. The molecule has 0 atom stereocenters. The number of nitrogens with one attached hydrogen (secondary N) is 1. The minimum Gasteiger partial charge on any atom is -0.465 e. The quantitative estimate of drug-likeness (QED) is 0.746. The van der Waals surface area contributed by atoms with Gasteiger partial charge in [0.05, 0.1) is 19.2 Å². The van der Waals surface area contributed by atoms with E-state index >= 15 is 0 Å². The molecule has 0 aromatic carbocycles. The number of hydrogen-bond acceptors (Lipinski definition) is 7. The third-order valence-corrected chi connectivity index (χ3v) is 4.82. The number of rotatable bonds is 5. The van der Waals surface area contributed by atoms with Gasteiger partial charge in [0, 0.05) is 37.4 Å². The number of ether oxygens (including phenoxy) is 2. The predicted molar refractivity (Wildman–Crippen MR) is 110 cm³/mol. The lowest BCUT2D eigenvalue weighted by atomic mass is 10.1. The number of fused-ring (bicyclic) bond motifs is 1. The van der Waals surface area contributed by atoms with Crippen LogP contribution in [0.15, 0.2) is 18.5 Å². The molecule has 0 saturated carbocycles. The average molecular weight is 416 g/mol. The number of aromatic nitrogens is 2. The highest BCUT2D eigenvalue weighted by atomic mass is 16.6. The molecule has 1 N–H and O–H groups in total. The SMILES string of the molecule is COC(=O)c1cn(C(=O)OC(C)(C)C)c2nccc(CNCC(=O)N3CCCC3)c12. The van der Waals surface area contributed by atoms with Gasteiger partial charge in [-0.05, 0) is 45.2 Å². The summed E-state index contributed by atoms with van der Waals surface area (Å²) in [6.45, 7) is 7.41. The van der Waals surface area contributed by atoms with E-state index in [1.54, 1.807) is 33.0 Å². The summed E-state index contributed by atoms with van der Waals surface area (Å²) in [7, 11) is 1.28. The summed E-state index contributed by atoms with van der Waals surface area (Å²) in [4.78, 5) is 43.4. The van der Waals surface area contributed by atoms with E-state index in [0.29, 0.717) is 17.6 Å². The number of esters is 1. The fraction of sp³-hybridized carbons (Fsp3) is 0.524. The van der Waals surface area contributed by atoms with Gasteiger partial charge in [-0.1, -0.05) is 0 Å². The van der Waals surface area contributed by atoms with Crippen molar-refractivity contribution in [3.63, 3.8) is 0 Å². The Morgan fingerprint density at radius 2 is 1.90 bits per heavy atom. The zero-order chi connectivity index (χ0) is 21.9. The van der Waals surface area contributed by atoms with Gasteiger partial charge in [-0.2, -0.15) is 0 Å². The number of methoxy groups -OCH3 is 1. The number of nitrogens with zero attached hydrogens (tertiary/aromatic N) is 3. The van der Waals surface area contributed by atoms with Crippen LogP contribution in [-0.2, 0) is 20.8 Å². The van der Waals surface area contributed by atoms with Crippen LogP contribution in [0.5, 0.6) is 0 Å². The van der Waals surface area contributed by atoms with E-state index in [2.05, 4.69) is 10.3 Å². The van der Waals surface area contributed by atoms with Crippen molar-refractivity contribution in [3.8, 4) is 0 Å². The average Bonchev–Trinajstić information content (AvgIpc) is 3.34. The smallest absolute Gasteiger partial charge is 0.420 e. The summed E-state index contributed by atoms with van der Waals surface area (Å²) in [5, 5.41) is 3.63. The Labute approximate surface area is 175 Å². The molecule has 1 aliphatic rings. The van der Waals surface area contributed by atoms with Crippen molar-refractivity contribution in [2.45, 2.75) is 45.8 Å². The molecule has 9 nitrogen and oxygen atoms in total. The molecule has 162 valence electrons. The topological polar surface area (TPSA) is 103 Å². The summed E-state index contributed by atoms with van der Waals surface area (Å²) in [5.74, 6) is -0.526. The summed E-state index contributed by atoms with van der Waals surface area (Å²) >= 11 is 0. The number of amides is 1. The van der Waals surface area contributed by atoms with Crippen molar-refractivity contribution in [2.24, 2.45) is 0 Å². The fourth-order valence-electron chi connectivity index (χ4n) is 3.46. The third-order valence-electron chi connectivity index (χ3n) is 4.82. The third kappa shape index (κ3) is 4.79. The Morgan fingerprint density at radius 1 is 1.20 bits per heavy atom. The van der Waals surface area contributed by atoms with Crippen molar-refractivity contribution < 1.29 is 23.9 Å². The normalized spacial score (nSPS) is 14.2. The molecule has 1 amide bonds. The Hall–Kier alpha value is -2.94. The Balaban J connectivity index is 1.88. The Morgan fingerprint density at radius 3 is 2.53 bits per heavy atom. The van der Waals surface area contributed by atoms with Gasteiger partial charge < -0.3 is 19.7 Å². The monoisotopic (exact) mass is 416 g/mol. The second-order valence-electron chi connectivity index (χ2n) is 8.24. The zero-order valence-electron chi connectivity index (χ0n) is 17.9. The van der Waals surface area contributed by atoms with E-state index in [1.165, 1.54) is 17.9 Å². The molecule has 0 radical (unpaired) electrons. The number of carbonyl (C=O) groups is 3. The Kier molecular flexibility index (Phi) is 6.40. The van der Waals surface area contributed by atoms with Crippen molar-refractivity contribution in [3.05, 3.63) is 29.6 Å². The largest absolute Gasteiger partial charge is 0.465 e. The van der Waals surface area contributed by atoms with Gasteiger partial charge in [-0.25, -0.2) is 19.1 Å². The van der Waals surface area contributed by atoms with Crippen molar-refractivity contribution in [1.82, 2.24) is 19.8 Å². The summed E-state index contributed by atoms with van der Waals surface area (Å²) < 4.78 is 11.5. The maximum atomic E-state index is 12.6. The number of pyridine rings is 1. The minimum absolute atomic E-state index is 0.0531. The van der Waals surface area contributed by atoms with E-state index in [9.17, 15) is 14.4 Å². The lowest BCUT2D eigenvalue weighted by Crippen LogP contribution is -2.36. The molecule has 0 aliphatic carbocycles. The van der Waals surface area contributed by atoms with Gasteiger partial charge in [0.1, 0.15) is 5.60 Å². The van der Waals surface area contributed by atoms with Gasteiger partial charge in [0.15, 0.2) is 5.65 Å². The van der Waals surface area contributed by atoms with Crippen LogP contribution in [0.4, 0.5) is 4.79 Å². The number of hydrogen-bond donors (Lipinski definition) is 1. The molecule has 3 heterocycles. The highest BCUT2D eigenvalue weighted by Crippen LogP contribution is 2.25. The highest BCUT2D eigenvalue weighted by Gasteiger charge is 2.25. The first-order valence-electron chi connectivity index (χ1n) is 10.0.